The summed E-state index contributed by atoms with van der Waals surface area (Å²) in [4.78, 5) is 9.23. The maximum Gasteiger partial charge on any atom is 0.265 e. The average molecular weight is 206 g/mol. The van der Waals surface area contributed by atoms with Crippen LogP contribution in [-0.4, -0.2) is 14.6 Å². The van der Waals surface area contributed by atoms with Gasteiger partial charge in [-0.1, -0.05) is 45.0 Å². The van der Waals surface area contributed by atoms with E-state index in [9.17, 15) is 4.80 Å². The summed E-state index contributed by atoms with van der Waals surface area (Å²) in [5, 5.41) is 1.10. The first kappa shape index (κ1) is 11.5. The van der Waals surface area contributed by atoms with Crippen molar-refractivity contribution in [3.05, 3.63) is 29.8 Å². The molecular formula is C12H18OSi. The van der Waals surface area contributed by atoms with Crippen LogP contribution in [0.15, 0.2) is 24.3 Å². The maximum atomic E-state index is 9.23. The summed E-state index contributed by atoms with van der Waals surface area (Å²) in [6.45, 7) is 6.71. The van der Waals surface area contributed by atoms with E-state index in [0.29, 0.717) is 11.8 Å². The van der Waals surface area contributed by atoms with Crippen molar-refractivity contribution in [2.45, 2.75) is 33.1 Å². The molecule has 0 spiro atoms. The van der Waals surface area contributed by atoms with Gasteiger partial charge in [0.15, 0.2) is 0 Å². The van der Waals surface area contributed by atoms with Crippen LogP contribution in [0.4, 0.5) is 0 Å². The van der Waals surface area contributed by atoms with Crippen molar-refractivity contribution in [2.24, 2.45) is 5.92 Å². The van der Waals surface area contributed by atoms with Gasteiger partial charge in [0.05, 0.1) is 0 Å². The van der Waals surface area contributed by atoms with E-state index in [0.717, 1.165) is 5.19 Å². The van der Waals surface area contributed by atoms with Crippen LogP contribution in [0.3, 0.4) is 0 Å². The fourth-order valence-electron chi connectivity index (χ4n) is 1.86. The second kappa shape index (κ2) is 5.32. The van der Waals surface area contributed by atoms with Crippen LogP contribution >= 0.6 is 0 Å². The van der Waals surface area contributed by atoms with Crippen LogP contribution in [0, 0.1) is 5.92 Å². The first-order valence-electron chi connectivity index (χ1n) is 5.14. The molecular weight excluding hydrogens is 188 g/mol. The molecule has 1 N–H and O–H groups in total. The lowest BCUT2D eigenvalue weighted by Crippen LogP contribution is -2.20. The van der Waals surface area contributed by atoms with Gasteiger partial charge < -0.3 is 4.80 Å². The molecule has 0 heterocycles. The van der Waals surface area contributed by atoms with Crippen molar-refractivity contribution < 1.29 is 4.80 Å². The molecule has 0 aliphatic heterocycles. The van der Waals surface area contributed by atoms with E-state index in [1.165, 1.54) is 12.0 Å². The summed E-state index contributed by atoms with van der Waals surface area (Å²) >= 11 is 0. The topological polar surface area (TPSA) is 20.2 Å². The molecule has 0 saturated carbocycles. The molecule has 2 heteroatoms. The summed E-state index contributed by atoms with van der Waals surface area (Å²) in [7, 11) is -0.0817. The van der Waals surface area contributed by atoms with Gasteiger partial charge in [0.25, 0.3) is 9.76 Å². The van der Waals surface area contributed by atoms with Crippen molar-refractivity contribution in [1.82, 2.24) is 0 Å². The Labute approximate surface area is 89.1 Å². The number of hydrogen-bond donors (Lipinski definition) is 1. The van der Waals surface area contributed by atoms with Crippen molar-refractivity contribution in [3.8, 4) is 0 Å². The fourth-order valence-corrected chi connectivity index (χ4v) is 2.49. The van der Waals surface area contributed by atoms with Crippen LogP contribution in [0.1, 0.15) is 38.7 Å². The van der Waals surface area contributed by atoms with E-state index in [2.05, 4.69) is 32.9 Å². The molecule has 0 saturated heterocycles. The molecule has 1 unspecified atom stereocenters. The predicted octanol–water partition coefficient (Wildman–Crippen LogP) is 2.07. The Kier molecular flexibility index (Phi) is 4.36. The second-order valence-electron chi connectivity index (χ2n) is 4.23. The summed E-state index contributed by atoms with van der Waals surface area (Å²) in [6, 6.07) is 8.19. The Morgan fingerprint density at radius 2 is 1.86 bits per heavy atom. The van der Waals surface area contributed by atoms with Gasteiger partial charge in [-0.15, -0.1) is 0 Å². The number of hydrogen-bond acceptors (Lipinski definition) is 1. The van der Waals surface area contributed by atoms with E-state index >= 15 is 0 Å². The van der Waals surface area contributed by atoms with Crippen molar-refractivity contribution >= 4 is 14.9 Å². The van der Waals surface area contributed by atoms with Crippen molar-refractivity contribution in [2.75, 3.05) is 0 Å². The standard InChI is InChI=1S/C12H18OSi/c1-9(2)8-10(3)11-6-4-5-7-12(11)14-13/h4-7,9-10,13H,8H2,1-3H3. The third kappa shape index (κ3) is 2.96. The molecule has 1 rings (SSSR count). The van der Waals surface area contributed by atoms with Gasteiger partial charge in [0.1, 0.15) is 0 Å². The van der Waals surface area contributed by atoms with Gasteiger partial charge >= 0.3 is 0 Å². The van der Waals surface area contributed by atoms with Gasteiger partial charge in [-0.2, -0.15) is 0 Å². The second-order valence-corrected chi connectivity index (χ2v) is 4.99. The lowest BCUT2D eigenvalue weighted by atomic mass is 9.92. The van der Waals surface area contributed by atoms with Gasteiger partial charge in [0, 0.05) is 0 Å². The Bertz CT molecular complexity index is 283. The molecule has 14 heavy (non-hydrogen) atoms. The monoisotopic (exact) mass is 206 g/mol. The Hall–Kier alpha value is -0.603. The number of benzene rings is 1. The number of rotatable bonds is 4. The van der Waals surface area contributed by atoms with Gasteiger partial charge in [0.2, 0.25) is 0 Å². The molecule has 76 valence electrons. The highest BCUT2D eigenvalue weighted by atomic mass is 28.2. The van der Waals surface area contributed by atoms with E-state index < -0.39 is 0 Å². The van der Waals surface area contributed by atoms with Crippen LogP contribution in [0.2, 0.25) is 0 Å². The Morgan fingerprint density at radius 1 is 1.21 bits per heavy atom. The molecule has 1 aromatic rings. The van der Waals surface area contributed by atoms with Crippen LogP contribution in [0.5, 0.6) is 0 Å². The third-order valence-corrected chi connectivity index (χ3v) is 3.13. The zero-order valence-electron chi connectivity index (χ0n) is 9.12. The lowest BCUT2D eigenvalue weighted by Gasteiger charge is -2.16. The summed E-state index contributed by atoms with van der Waals surface area (Å²) < 4.78 is 0. The minimum atomic E-state index is -0.0817. The molecule has 1 atom stereocenters. The molecule has 1 aromatic carbocycles. The first-order chi connectivity index (χ1) is 6.65. The van der Waals surface area contributed by atoms with Crippen molar-refractivity contribution in [1.29, 1.82) is 0 Å². The van der Waals surface area contributed by atoms with Gasteiger partial charge in [-0.05, 0) is 29.0 Å². The maximum absolute atomic E-state index is 9.23. The molecule has 0 bridgehead atoms. The summed E-state index contributed by atoms with van der Waals surface area (Å²) in [5.41, 5.74) is 1.31. The van der Waals surface area contributed by atoms with Crippen molar-refractivity contribution in [3.63, 3.8) is 0 Å². The van der Waals surface area contributed by atoms with E-state index in [1.54, 1.807) is 0 Å². The summed E-state index contributed by atoms with van der Waals surface area (Å²) in [5.74, 6) is 1.26. The molecule has 0 amide bonds. The van der Waals surface area contributed by atoms with E-state index in [4.69, 9.17) is 0 Å². The highest BCUT2D eigenvalue weighted by Crippen LogP contribution is 2.21. The molecule has 2 radical (unpaired) electrons. The van der Waals surface area contributed by atoms with Crippen LogP contribution in [0.25, 0.3) is 0 Å². The highest BCUT2D eigenvalue weighted by molar-refractivity contribution is 6.46. The minimum Gasteiger partial charge on any atom is -0.428 e. The lowest BCUT2D eigenvalue weighted by molar-refractivity contribution is 0.524. The molecule has 0 aliphatic rings. The molecule has 1 nitrogen and oxygen atoms in total. The summed E-state index contributed by atoms with van der Waals surface area (Å²) in [6.07, 6.45) is 1.18. The molecule has 0 aromatic heterocycles. The average Bonchev–Trinajstić information content (AvgIpc) is 2.16. The smallest absolute Gasteiger partial charge is 0.265 e. The van der Waals surface area contributed by atoms with Crippen LogP contribution in [-0.2, 0) is 0 Å². The molecule has 0 fully saturated rings. The minimum absolute atomic E-state index is 0.0817. The normalized spacial score (nSPS) is 13.2. The van der Waals surface area contributed by atoms with E-state index in [1.807, 2.05) is 12.1 Å². The largest absolute Gasteiger partial charge is 0.428 e. The molecule has 0 aliphatic carbocycles. The highest BCUT2D eigenvalue weighted by Gasteiger charge is 2.11. The zero-order valence-corrected chi connectivity index (χ0v) is 10.1. The van der Waals surface area contributed by atoms with E-state index in [-0.39, 0.29) is 9.76 Å². The van der Waals surface area contributed by atoms with Gasteiger partial charge in [-0.3, -0.25) is 0 Å². The first-order valence-corrected chi connectivity index (χ1v) is 6.09. The quantitative estimate of drug-likeness (QED) is 0.748. The Balaban J connectivity index is 2.82. The third-order valence-electron chi connectivity index (χ3n) is 2.44. The SMILES string of the molecule is CC(C)CC(C)c1ccccc1[Si]O. The fraction of sp³-hybridized carbons (Fsp3) is 0.500. The predicted molar refractivity (Wildman–Crippen MR) is 61.9 cm³/mol. The zero-order chi connectivity index (χ0) is 10.6. The van der Waals surface area contributed by atoms with Gasteiger partial charge in [-0.25, -0.2) is 0 Å². The Morgan fingerprint density at radius 3 is 2.43 bits per heavy atom. The van der Waals surface area contributed by atoms with Crippen LogP contribution < -0.4 is 5.19 Å².